The van der Waals surface area contributed by atoms with Crippen molar-refractivity contribution in [3.8, 4) is 11.7 Å². The average molecular weight is 344 g/mol. The Hall–Kier alpha value is -1.67. The SMILES string of the molecule is CCN(CCC(=O)O)Cc1nnc(-c2ccc(Br)o2)o1. The van der Waals surface area contributed by atoms with Gasteiger partial charge in [-0.15, -0.1) is 10.2 Å². The number of rotatable bonds is 7. The van der Waals surface area contributed by atoms with Crippen molar-refractivity contribution in [3.05, 3.63) is 22.7 Å². The van der Waals surface area contributed by atoms with Crippen molar-refractivity contribution < 1.29 is 18.7 Å². The summed E-state index contributed by atoms with van der Waals surface area (Å²) in [5, 5.41) is 16.5. The molecule has 0 spiro atoms. The monoisotopic (exact) mass is 343 g/mol. The van der Waals surface area contributed by atoms with Crippen LogP contribution in [0.4, 0.5) is 0 Å². The van der Waals surface area contributed by atoms with Crippen molar-refractivity contribution in [3.63, 3.8) is 0 Å². The number of carboxylic acid groups (broad SMARTS) is 1. The highest BCUT2D eigenvalue weighted by Crippen LogP contribution is 2.23. The van der Waals surface area contributed by atoms with Crippen molar-refractivity contribution in [2.24, 2.45) is 0 Å². The lowest BCUT2D eigenvalue weighted by Crippen LogP contribution is -2.25. The number of furan rings is 1. The second kappa shape index (κ2) is 6.67. The van der Waals surface area contributed by atoms with Gasteiger partial charge in [0.25, 0.3) is 5.89 Å². The second-order valence-corrected chi connectivity index (χ2v) is 4.90. The number of nitrogens with zero attached hydrogens (tertiary/aromatic N) is 3. The van der Waals surface area contributed by atoms with Gasteiger partial charge in [-0.05, 0) is 34.6 Å². The van der Waals surface area contributed by atoms with E-state index in [4.69, 9.17) is 13.9 Å². The molecule has 0 unspecified atom stereocenters. The summed E-state index contributed by atoms with van der Waals surface area (Å²) in [7, 11) is 0. The van der Waals surface area contributed by atoms with E-state index in [1.807, 2.05) is 11.8 Å². The van der Waals surface area contributed by atoms with Crippen LogP contribution in [0, 0.1) is 0 Å². The Morgan fingerprint density at radius 1 is 1.40 bits per heavy atom. The molecule has 0 radical (unpaired) electrons. The lowest BCUT2D eigenvalue weighted by Gasteiger charge is -2.16. The van der Waals surface area contributed by atoms with Crippen molar-refractivity contribution in [2.45, 2.75) is 19.9 Å². The molecule has 108 valence electrons. The summed E-state index contributed by atoms with van der Waals surface area (Å²) in [6, 6.07) is 3.47. The van der Waals surface area contributed by atoms with Gasteiger partial charge in [0.2, 0.25) is 5.89 Å². The minimum atomic E-state index is -0.824. The third-order valence-electron chi connectivity index (χ3n) is 2.70. The molecule has 2 aromatic rings. The summed E-state index contributed by atoms with van der Waals surface area (Å²) in [5.74, 6) is 0.402. The van der Waals surface area contributed by atoms with Gasteiger partial charge in [0.05, 0.1) is 13.0 Å². The molecule has 0 amide bonds. The molecule has 20 heavy (non-hydrogen) atoms. The third-order valence-corrected chi connectivity index (χ3v) is 3.13. The molecule has 0 bridgehead atoms. The lowest BCUT2D eigenvalue weighted by atomic mass is 10.3. The maximum absolute atomic E-state index is 10.6. The number of carboxylic acids is 1. The van der Waals surface area contributed by atoms with Gasteiger partial charge in [0, 0.05) is 6.54 Å². The van der Waals surface area contributed by atoms with E-state index in [9.17, 15) is 4.79 Å². The molecule has 0 saturated heterocycles. The molecule has 0 atom stereocenters. The first-order chi connectivity index (χ1) is 9.58. The zero-order valence-electron chi connectivity index (χ0n) is 10.9. The maximum Gasteiger partial charge on any atom is 0.304 e. The molecule has 0 aliphatic carbocycles. The Morgan fingerprint density at radius 2 is 2.20 bits per heavy atom. The van der Waals surface area contributed by atoms with E-state index in [1.54, 1.807) is 12.1 Å². The van der Waals surface area contributed by atoms with Gasteiger partial charge in [-0.2, -0.15) is 0 Å². The highest BCUT2D eigenvalue weighted by molar-refractivity contribution is 9.10. The van der Waals surface area contributed by atoms with Crippen LogP contribution in [0.25, 0.3) is 11.7 Å². The number of aliphatic carboxylic acids is 1. The quantitative estimate of drug-likeness (QED) is 0.824. The van der Waals surface area contributed by atoms with Crippen molar-refractivity contribution in [1.29, 1.82) is 0 Å². The van der Waals surface area contributed by atoms with E-state index in [0.29, 0.717) is 41.8 Å². The predicted molar refractivity (Wildman–Crippen MR) is 72.9 cm³/mol. The van der Waals surface area contributed by atoms with Crippen molar-refractivity contribution in [1.82, 2.24) is 15.1 Å². The Morgan fingerprint density at radius 3 is 2.80 bits per heavy atom. The van der Waals surface area contributed by atoms with Gasteiger partial charge >= 0.3 is 5.97 Å². The van der Waals surface area contributed by atoms with Crippen molar-refractivity contribution in [2.75, 3.05) is 13.1 Å². The molecule has 2 rings (SSSR count). The Bertz CT molecular complexity index is 581. The van der Waals surface area contributed by atoms with Gasteiger partial charge in [0.1, 0.15) is 0 Å². The van der Waals surface area contributed by atoms with E-state index < -0.39 is 5.97 Å². The summed E-state index contributed by atoms with van der Waals surface area (Å²) in [5.41, 5.74) is 0. The Kier molecular flexibility index (Phi) is 4.91. The fraction of sp³-hybridized carbons (Fsp3) is 0.417. The largest absolute Gasteiger partial charge is 0.481 e. The van der Waals surface area contributed by atoms with Crippen LogP contribution in [0.3, 0.4) is 0 Å². The van der Waals surface area contributed by atoms with Gasteiger partial charge in [0.15, 0.2) is 10.4 Å². The topological polar surface area (TPSA) is 92.6 Å². The van der Waals surface area contributed by atoms with Gasteiger partial charge < -0.3 is 13.9 Å². The number of hydrogen-bond donors (Lipinski definition) is 1. The maximum atomic E-state index is 10.6. The highest BCUT2D eigenvalue weighted by atomic mass is 79.9. The first-order valence-corrected chi connectivity index (χ1v) is 6.90. The fourth-order valence-electron chi connectivity index (χ4n) is 1.64. The number of halogens is 1. The van der Waals surface area contributed by atoms with E-state index in [2.05, 4.69) is 26.1 Å². The number of hydrogen-bond acceptors (Lipinski definition) is 6. The molecule has 0 aromatic carbocycles. The summed E-state index contributed by atoms with van der Waals surface area (Å²) in [6.45, 7) is 3.51. The minimum absolute atomic E-state index is 0.0833. The van der Waals surface area contributed by atoms with Crippen LogP contribution in [-0.2, 0) is 11.3 Å². The van der Waals surface area contributed by atoms with E-state index >= 15 is 0 Å². The minimum Gasteiger partial charge on any atom is -0.481 e. The molecule has 2 heterocycles. The van der Waals surface area contributed by atoms with Crippen LogP contribution in [-0.4, -0.2) is 39.3 Å². The zero-order valence-corrected chi connectivity index (χ0v) is 12.5. The Labute approximate surface area is 123 Å². The average Bonchev–Trinajstić information content (AvgIpc) is 3.03. The lowest BCUT2D eigenvalue weighted by molar-refractivity contribution is -0.137. The highest BCUT2D eigenvalue weighted by Gasteiger charge is 2.14. The number of carbonyl (C=O) groups is 1. The van der Waals surface area contributed by atoms with Gasteiger partial charge in [-0.25, -0.2) is 0 Å². The molecular formula is C12H14BrN3O4. The Balaban J connectivity index is 1.99. The molecule has 2 aromatic heterocycles. The van der Waals surface area contributed by atoms with E-state index in [1.165, 1.54) is 0 Å². The summed E-state index contributed by atoms with van der Waals surface area (Å²) in [6.07, 6.45) is 0.0833. The van der Waals surface area contributed by atoms with Gasteiger partial charge in [-0.3, -0.25) is 9.69 Å². The van der Waals surface area contributed by atoms with Crippen LogP contribution >= 0.6 is 15.9 Å². The van der Waals surface area contributed by atoms with Crippen LogP contribution < -0.4 is 0 Å². The zero-order chi connectivity index (χ0) is 14.5. The first kappa shape index (κ1) is 14.7. The van der Waals surface area contributed by atoms with Crippen molar-refractivity contribution >= 4 is 21.9 Å². The normalized spacial score (nSPS) is 11.2. The standard InChI is InChI=1S/C12H14BrN3O4/c1-2-16(6-5-11(17)18)7-10-14-15-12(20-10)8-3-4-9(13)19-8/h3-4H,2,5-7H2,1H3,(H,17,18). The first-order valence-electron chi connectivity index (χ1n) is 6.10. The van der Waals surface area contributed by atoms with Crippen LogP contribution in [0.1, 0.15) is 19.2 Å². The molecule has 0 aliphatic rings. The smallest absolute Gasteiger partial charge is 0.304 e. The molecule has 8 heteroatoms. The predicted octanol–water partition coefficient (Wildman–Crippen LogP) is 2.39. The molecular weight excluding hydrogens is 330 g/mol. The van der Waals surface area contributed by atoms with Gasteiger partial charge in [-0.1, -0.05) is 6.92 Å². The fourth-order valence-corrected chi connectivity index (χ4v) is 1.95. The molecule has 0 saturated carbocycles. The second-order valence-electron chi connectivity index (χ2n) is 4.12. The van der Waals surface area contributed by atoms with E-state index in [-0.39, 0.29) is 6.42 Å². The van der Waals surface area contributed by atoms with Crippen LogP contribution in [0.2, 0.25) is 0 Å². The van der Waals surface area contributed by atoms with Crippen LogP contribution in [0.15, 0.2) is 25.6 Å². The number of aromatic nitrogens is 2. The molecule has 1 N–H and O–H groups in total. The summed E-state index contributed by atoms with van der Waals surface area (Å²) < 4.78 is 11.4. The molecule has 7 nitrogen and oxygen atoms in total. The molecule has 0 aliphatic heterocycles. The van der Waals surface area contributed by atoms with E-state index in [0.717, 1.165) is 0 Å². The summed E-state index contributed by atoms with van der Waals surface area (Å²) >= 11 is 3.20. The molecule has 0 fully saturated rings. The summed E-state index contributed by atoms with van der Waals surface area (Å²) in [4.78, 5) is 12.5. The van der Waals surface area contributed by atoms with Crippen LogP contribution in [0.5, 0.6) is 0 Å². The third kappa shape index (κ3) is 3.91.